The molecule has 0 bridgehead atoms. The zero-order chi connectivity index (χ0) is 15.4. The number of hydrogen-bond acceptors (Lipinski definition) is 5. The molecule has 0 saturated heterocycles. The van der Waals surface area contributed by atoms with Gasteiger partial charge in [0.15, 0.2) is 11.5 Å². The highest BCUT2D eigenvalue weighted by Crippen LogP contribution is 2.38. The van der Waals surface area contributed by atoms with E-state index in [1.54, 1.807) is 23.1 Å². The molecule has 7 heteroatoms. The molecule has 1 aromatic carbocycles. The van der Waals surface area contributed by atoms with Gasteiger partial charge in [0.2, 0.25) is 12.7 Å². The van der Waals surface area contributed by atoms with Crippen LogP contribution in [0, 0.1) is 0 Å². The van der Waals surface area contributed by atoms with Crippen LogP contribution in [0.1, 0.15) is 10.4 Å². The topological polar surface area (TPSA) is 47.6 Å². The van der Waals surface area contributed by atoms with E-state index in [0.29, 0.717) is 12.3 Å². The molecule has 0 saturated carbocycles. The zero-order valence-corrected chi connectivity index (χ0v) is 14.9. The number of ether oxygens (including phenoxy) is 2. The van der Waals surface area contributed by atoms with Crippen molar-refractivity contribution in [2.24, 2.45) is 0 Å². The number of benzene rings is 1. The standard InChI is InChI=1S/C15H14BrNO3S2/c16-12-5-14-13(19-9-20-14)4-10(12)7-21-8-15(18)17-6-11-2-1-3-22-11/h1-5H,6-9H2,(H,17,18). The third-order valence-corrected chi connectivity index (χ3v) is 5.67. The molecule has 0 aliphatic carbocycles. The third kappa shape index (κ3) is 3.97. The van der Waals surface area contributed by atoms with Crippen LogP contribution in [0.5, 0.6) is 11.5 Å². The molecule has 3 rings (SSSR count). The monoisotopic (exact) mass is 399 g/mol. The van der Waals surface area contributed by atoms with E-state index in [4.69, 9.17) is 9.47 Å². The summed E-state index contributed by atoms with van der Waals surface area (Å²) in [6.45, 7) is 0.869. The summed E-state index contributed by atoms with van der Waals surface area (Å²) in [5.74, 6) is 2.75. The molecule has 1 aliphatic heterocycles. The average Bonchev–Trinajstić information content (AvgIpc) is 3.16. The van der Waals surface area contributed by atoms with Crippen LogP contribution in [-0.4, -0.2) is 18.5 Å². The molecule has 1 amide bonds. The molecule has 0 atom stereocenters. The fourth-order valence-corrected chi connectivity index (χ4v) is 4.11. The predicted molar refractivity (Wildman–Crippen MR) is 92.6 cm³/mol. The van der Waals surface area contributed by atoms with Gasteiger partial charge in [-0.1, -0.05) is 22.0 Å². The van der Waals surface area contributed by atoms with Crippen molar-refractivity contribution in [3.8, 4) is 11.5 Å². The summed E-state index contributed by atoms with van der Waals surface area (Å²) >= 11 is 6.75. The summed E-state index contributed by atoms with van der Waals surface area (Å²) in [6, 6.07) is 7.87. The Bertz CT molecular complexity index is 661. The molecular weight excluding hydrogens is 386 g/mol. The van der Waals surface area contributed by atoms with Crippen molar-refractivity contribution in [3.63, 3.8) is 0 Å². The van der Waals surface area contributed by atoms with Gasteiger partial charge < -0.3 is 14.8 Å². The lowest BCUT2D eigenvalue weighted by atomic mass is 10.2. The van der Waals surface area contributed by atoms with E-state index < -0.39 is 0 Å². The number of carbonyl (C=O) groups excluding carboxylic acids is 1. The molecule has 0 radical (unpaired) electrons. The number of amides is 1. The predicted octanol–water partition coefficient (Wildman–Crippen LogP) is 3.79. The molecule has 0 unspecified atom stereocenters. The minimum Gasteiger partial charge on any atom is -0.454 e. The molecule has 0 spiro atoms. The van der Waals surface area contributed by atoms with Gasteiger partial charge in [-0.15, -0.1) is 23.1 Å². The Kier molecular flexibility index (Phi) is 5.28. The first kappa shape index (κ1) is 15.7. The van der Waals surface area contributed by atoms with E-state index in [1.807, 2.05) is 29.6 Å². The molecule has 4 nitrogen and oxygen atoms in total. The van der Waals surface area contributed by atoms with Crippen molar-refractivity contribution in [1.82, 2.24) is 5.32 Å². The molecule has 2 aromatic rings. The highest BCUT2D eigenvalue weighted by Gasteiger charge is 2.16. The fraction of sp³-hybridized carbons (Fsp3) is 0.267. The lowest BCUT2D eigenvalue weighted by Crippen LogP contribution is -2.24. The Hall–Kier alpha value is -1.18. The Labute approximate surface area is 145 Å². The summed E-state index contributed by atoms with van der Waals surface area (Å²) in [4.78, 5) is 13.0. The summed E-state index contributed by atoms with van der Waals surface area (Å²) in [5.41, 5.74) is 1.10. The quantitative estimate of drug-likeness (QED) is 0.802. The van der Waals surface area contributed by atoms with Gasteiger partial charge in [-0.2, -0.15) is 0 Å². The smallest absolute Gasteiger partial charge is 0.231 e. The molecule has 1 aliphatic rings. The van der Waals surface area contributed by atoms with Crippen LogP contribution < -0.4 is 14.8 Å². The molecule has 1 N–H and O–H groups in total. The average molecular weight is 400 g/mol. The lowest BCUT2D eigenvalue weighted by molar-refractivity contribution is -0.118. The van der Waals surface area contributed by atoms with Gasteiger partial charge in [0.1, 0.15) is 0 Å². The van der Waals surface area contributed by atoms with Crippen molar-refractivity contribution in [2.45, 2.75) is 12.3 Å². The summed E-state index contributed by atoms with van der Waals surface area (Å²) < 4.78 is 11.7. The van der Waals surface area contributed by atoms with Gasteiger partial charge >= 0.3 is 0 Å². The van der Waals surface area contributed by atoms with E-state index in [1.165, 1.54) is 0 Å². The van der Waals surface area contributed by atoms with E-state index >= 15 is 0 Å². The van der Waals surface area contributed by atoms with Gasteiger partial charge in [0, 0.05) is 15.1 Å². The molecule has 1 aromatic heterocycles. The maximum Gasteiger partial charge on any atom is 0.231 e. The molecule has 0 fully saturated rings. The number of fused-ring (bicyclic) bond motifs is 1. The number of hydrogen-bond donors (Lipinski definition) is 1. The van der Waals surface area contributed by atoms with Gasteiger partial charge in [-0.25, -0.2) is 0 Å². The first-order valence-electron chi connectivity index (χ1n) is 6.67. The SMILES string of the molecule is O=C(CSCc1cc2c(cc1Br)OCO2)NCc1cccs1. The van der Waals surface area contributed by atoms with Crippen LogP contribution in [-0.2, 0) is 17.1 Å². The van der Waals surface area contributed by atoms with Crippen LogP contribution in [0.3, 0.4) is 0 Å². The second-order valence-corrected chi connectivity index (χ2v) is 7.52. The Morgan fingerprint density at radius 2 is 2.18 bits per heavy atom. The van der Waals surface area contributed by atoms with Crippen LogP contribution in [0.4, 0.5) is 0 Å². The Morgan fingerprint density at radius 1 is 1.36 bits per heavy atom. The Balaban J connectivity index is 1.46. The highest BCUT2D eigenvalue weighted by atomic mass is 79.9. The second-order valence-electron chi connectivity index (χ2n) is 4.65. The zero-order valence-electron chi connectivity index (χ0n) is 11.6. The summed E-state index contributed by atoms with van der Waals surface area (Å²) in [5, 5.41) is 4.93. The van der Waals surface area contributed by atoms with Crippen molar-refractivity contribution in [1.29, 1.82) is 0 Å². The van der Waals surface area contributed by atoms with Gasteiger partial charge in [-0.3, -0.25) is 4.79 Å². The largest absolute Gasteiger partial charge is 0.454 e. The summed E-state index contributed by atoms with van der Waals surface area (Å²) in [7, 11) is 0. The summed E-state index contributed by atoms with van der Waals surface area (Å²) in [6.07, 6.45) is 0. The molecule has 22 heavy (non-hydrogen) atoms. The van der Waals surface area contributed by atoms with Crippen LogP contribution in [0.25, 0.3) is 0 Å². The van der Waals surface area contributed by atoms with Gasteiger partial charge in [-0.05, 0) is 29.1 Å². The minimum absolute atomic E-state index is 0.0512. The van der Waals surface area contributed by atoms with E-state index in [-0.39, 0.29) is 12.7 Å². The van der Waals surface area contributed by atoms with Gasteiger partial charge in [0.05, 0.1) is 12.3 Å². The first-order chi connectivity index (χ1) is 10.7. The molecule has 2 heterocycles. The normalized spacial score (nSPS) is 12.4. The Morgan fingerprint density at radius 3 is 2.95 bits per heavy atom. The third-order valence-electron chi connectivity index (χ3n) is 3.07. The van der Waals surface area contributed by atoms with Crippen molar-refractivity contribution >= 4 is 44.9 Å². The van der Waals surface area contributed by atoms with Crippen molar-refractivity contribution in [2.75, 3.05) is 12.5 Å². The number of thioether (sulfide) groups is 1. The molecular formula is C15H14BrNO3S2. The number of nitrogens with one attached hydrogen (secondary N) is 1. The number of rotatable bonds is 6. The first-order valence-corrected chi connectivity index (χ1v) is 9.50. The van der Waals surface area contributed by atoms with Crippen LogP contribution >= 0.6 is 39.0 Å². The maximum atomic E-state index is 11.8. The number of halogens is 1. The van der Waals surface area contributed by atoms with E-state index in [0.717, 1.165) is 32.2 Å². The van der Waals surface area contributed by atoms with Gasteiger partial charge in [0.25, 0.3) is 0 Å². The van der Waals surface area contributed by atoms with Crippen molar-refractivity contribution in [3.05, 3.63) is 44.6 Å². The fourth-order valence-electron chi connectivity index (χ4n) is 1.97. The van der Waals surface area contributed by atoms with Crippen molar-refractivity contribution < 1.29 is 14.3 Å². The number of thiophene rings is 1. The van der Waals surface area contributed by atoms with Crippen LogP contribution in [0.2, 0.25) is 0 Å². The van der Waals surface area contributed by atoms with E-state index in [9.17, 15) is 4.79 Å². The number of carbonyl (C=O) groups is 1. The van der Waals surface area contributed by atoms with Crippen LogP contribution in [0.15, 0.2) is 34.1 Å². The second kappa shape index (κ2) is 7.39. The molecule has 116 valence electrons. The highest BCUT2D eigenvalue weighted by molar-refractivity contribution is 9.10. The maximum absolute atomic E-state index is 11.8. The van der Waals surface area contributed by atoms with E-state index in [2.05, 4.69) is 21.2 Å². The minimum atomic E-state index is 0.0512. The lowest BCUT2D eigenvalue weighted by Gasteiger charge is -2.07.